The Morgan fingerprint density at radius 2 is 2.11 bits per heavy atom. The molecule has 96 valence electrons. The Kier molecular flexibility index (Phi) is 4.20. The van der Waals surface area contributed by atoms with E-state index >= 15 is 0 Å². The van der Waals surface area contributed by atoms with Crippen molar-refractivity contribution in [2.24, 2.45) is 0 Å². The molecule has 0 saturated heterocycles. The smallest absolute Gasteiger partial charge is 0.337 e. The van der Waals surface area contributed by atoms with Gasteiger partial charge in [0.15, 0.2) is 0 Å². The standard InChI is InChI=1S/C11H11FN2O4/c12-7-4-8(14)6(11(17)18)3-5(7)10(16)9(15)1-2-13/h3-4,9-10,15-16H,1,14H2,(H,17,18). The summed E-state index contributed by atoms with van der Waals surface area (Å²) in [6, 6.07) is 3.21. The lowest BCUT2D eigenvalue weighted by atomic mass is 9.99. The fourth-order valence-corrected chi connectivity index (χ4v) is 1.43. The number of carboxylic acid groups (broad SMARTS) is 1. The maximum atomic E-state index is 13.5. The maximum Gasteiger partial charge on any atom is 0.337 e. The van der Waals surface area contributed by atoms with Crippen molar-refractivity contribution in [3.8, 4) is 6.07 Å². The van der Waals surface area contributed by atoms with E-state index in [1.165, 1.54) is 0 Å². The number of carboxylic acids is 1. The molecule has 2 unspecified atom stereocenters. The molecule has 6 nitrogen and oxygen atoms in total. The Hall–Kier alpha value is -2.17. The van der Waals surface area contributed by atoms with Crippen LogP contribution in [0.4, 0.5) is 10.1 Å². The number of aliphatic hydroxyl groups excluding tert-OH is 2. The zero-order chi connectivity index (χ0) is 13.9. The van der Waals surface area contributed by atoms with Crippen molar-refractivity contribution < 1.29 is 24.5 Å². The molecular weight excluding hydrogens is 243 g/mol. The number of aliphatic hydroxyl groups is 2. The first kappa shape index (κ1) is 13.9. The summed E-state index contributed by atoms with van der Waals surface area (Å²) >= 11 is 0. The normalized spacial score (nSPS) is 13.7. The number of nitrogens with zero attached hydrogens (tertiary/aromatic N) is 1. The number of halogens is 1. The summed E-state index contributed by atoms with van der Waals surface area (Å²) in [5.41, 5.74) is 4.23. The summed E-state index contributed by atoms with van der Waals surface area (Å²) in [6.07, 6.45) is -3.61. The number of hydrogen-bond donors (Lipinski definition) is 4. The molecule has 2 atom stereocenters. The molecule has 1 aromatic carbocycles. The minimum absolute atomic E-state index is 0.286. The van der Waals surface area contributed by atoms with Crippen LogP contribution in [0.25, 0.3) is 0 Å². The lowest BCUT2D eigenvalue weighted by Crippen LogP contribution is -2.19. The van der Waals surface area contributed by atoms with Crippen LogP contribution in [-0.2, 0) is 0 Å². The number of rotatable bonds is 4. The van der Waals surface area contributed by atoms with Crippen LogP contribution in [0, 0.1) is 17.1 Å². The summed E-state index contributed by atoms with van der Waals surface area (Å²) in [6.45, 7) is 0. The van der Waals surface area contributed by atoms with E-state index < -0.39 is 36.0 Å². The van der Waals surface area contributed by atoms with Crippen LogP contribution in [0.3, 0.4) is 0 Å². The van der Waals surface area contributed by atoms with E-state index in [0.29, 0.717) is 0 Å². The molecule has 0 fully saturated rings. The quantitative estimate of drug-likeness (QED) is 0.576. The number of benzene rings is 1. The van der Waals surface area contributed by atoms with Crippen molar-refractivity contribution in [2.45, 2.75) is 18.6 Å². The number of hydrogen-bond acceptors (Lipinski definition) is 5. The number of carbonyl (C=O) groups is 1. The van der Waals surface area contributed by atoms with Gasteiger partial charge in [0, 0.05) is 11.3 Å². The summed E-state index contributed by atoms with van der Waals surface area (Å²) in [4.78, 5) is 10.8. The molecule has 1 aromatic rings. The number of nitriles is 1. The van der Waals surface area contributed by atoms with Gasteiger partial charge in [-0.15, -0.1) is 0 Å². The molecule has 7 heteroatoms. The Balaban J connectivity index is 3.20. The van der Waals surface area contributed by atoms with Crippen molar-refractivity contribution in [3.05, 3.63) is 29.1 Å². The first-order valence-electron chi connectivity index (χ1n) is 4.93. The van der Waals surface area contributed by atoms with E-state index in [0.717, 1.165) is 12.1 Å². The first-order chi connectivity index (χ1) is 8.38. The van der Waals surface area contributed by atoms with Gasteiger partial charge in [-0.05, 0) is 12.1 Å². The van der Waals surface area contributed by atoms with Crippen LogP contribution >= 0.6 is 0 Å². The van der Waals surface area contributed by atoms with E-state index in [1.54, 1.807) is 6.07 Å². The monoisotopic (exact) mass is 254 g/mol. The summed E-state index contributed by atoms with van der Waals surface area (Å²) in [7, 11) is 0. The predicted molar refractivity (Wildman–Crippen MR) is 59.0 cm³/mol. The largest absolute Gasteiger partial charge is 0.478 e. The Morgan fingerprint density at radius 3 is 2.61 bits per heavy atom. The van der Waals surface area contributed by atoms with Crippen LogP contribution in [0.15, 0.2) is 12.1 Å². The third kappa shape index (κ3) is 2.74. The number of nitrogens with two attached hydrogens (primary N) is 1. The summed E-state index contributed by atoms with van der Waals surface area (Å²) in [5, 5.41) is 36.2. The second-order valence-corrected chi connectivity index (χ2v) is 3.64. The van der Waals surface area contributed by atoms with E-state index in [1.807, 2.05) is 0 Å². The molecule has 5 N–H and O–H groups in total. The number of nitrogen functional groups attached to an aromatic ring is 1. The highest BCUT2D eigenvalue weighted by atomic mass is 19.1. The Morgan fingerprint density at radius 1 is 1.50 bits per heavy atom. The molecule has 0 heterocycles. The Bertz CT molecular complexity index is 513. The highest BCUT2D eigenvalue weighted by Crippen LogP contribution is 2.26. The van der Waals surface area contributed by atoms with Crippen molar-refractivity contribution in [1.82, 2.24) is 0 Å². The SMILES string of the molecule is N#CCC(O)C(O)c1cc(C(=O)O)c(N)cc1F. The maximum absolute atomic E-state index is 13.5. The predicted octanol–water partition coefficient (Wildman–Crippen LogP) is 0.414. The van der Waals surface area contributed by atoms with Gasteiger partial charge in [0.2, 0.25) is 0 Å². The zero-order valence-electron chi connectivity index (χ0n) is 9.17. The highest BCUT2D eigenvalue weighted by molar-refractivity contribution is 5.93. The van der Waals surface area contributed by atoms with Crippen LogP contribution in [0.5, 0.6) is 0 Å². The van der Waals surface area contributed by atoms with Gasteiger partial charge in [0.05, 0.1) is 24.2 Å². The van der Waals surface area contributed by atoms with Gasteiger partial charge < -0.3 is 21.1 Å². The molecule has 0 aliphatic heterocycles. The average molecular weight is 254 g/mol. The van der Waals surface area contributed by atoms with Crippen molar-refractivity contribution >= 4 is 11.7 Å². The van der Waals surface area contributed by atoms with Gasteiger partial charge in [-0.1, -0.05) is 0 Å². The molecule has 0 spiro atoms. The zero-order valence-corrected chi connectivity index (χ0v) is 9.17. The topological polar surface area (TPSA) is 128 Å². The van der Waals surface area contributed by atoms with Gasteiger partial charge in [0.1, 0.15) is 11.9 Å². The Labute approximate surface area is 102 Å². The summed E-state index contributed by atoms with van der Waals surface area (Å²) in [5.74, 6) is -2.32. The second-order valence-electron chi connectivity index (χ2n) is 3.64. The average Bonchev–Trinajstić information content (AvgIpc) is 2.28. The van der Waals surface area contributed by atoms with E-state index in [9.17, 15) is 19.4 Å². The molecule has 0 aliphatic carbocycles. The molecule has 0 radical (unpaired) electrons. The van der Waals surface area contributed by atoms with Gasteiger partial charge in [-0.2, -0.15) is 5.26 Å². The van der Waals surface area contributed by atoms with Gasteiger partial charge in [-0.3, -0.25) is 0 Å². The minimum Gasteiger partial charge on any atom is -0.478 e. The first-order valence-corrected chi connectivity index (χ1v) is 4.93. The van der Waals surface area contributed by atoms with Crippen LogP contribution in [0.2, 0.25) is 0 Å². The molecule has 0 bridgehead atoms. The summed E-state index contributed by atoms with van der Waals surface area (Å²) < 4.78 is 13.5. The van der Waals surface area contributed by atoms with Gasteiger partial charge in [-0.25, -0.2) is 9.18 Å². The van der Waals surface area contributed by atoms with Crippen molar-refractivity contribution in [3.63, 3.8) is 0 Å². The van der Waals surface area contributed by atoms with Gasteiger partial charge in [0.25, 0.3) is 0 Å². The van der Waals surface area contributed by atoms with E-state index in [-0.39, 0.29) is 11.3 Å². The molecule has 0 amide bonds. The lowest BCUT2D eigenvalue weighted by Gasteiger charge is -2.17. The molecule has 0 aliphatic rings. The molecule has 0 saturated carbocycles. The fourth-order valence-electron chi connectivity index (χ4n) is 1.43. The third-order valence-electron chi connectivity index (χ3n) is 2.38. The van der Waals surface area contributed by atoms with Crippen molar-refractivity contribution in [1.29, 1.82) is 5.26 Å². The van der Waals surface area contributed by atoms with E-state index in [4.69, 9.17) is 16.1 Å². The van der Waals surface area contributed by atoms with Crippen LogP contribution < -0.4 is 5.73 Å². The van der Waals surface area contributed by atoms with Crippen LogP contribution in [0.1, 0.15) is 28.4 Å². The molecular formula is C11H11FN2O4. The number of aromatic carboxylic acids is 1. The third-order valence-corrected chi connectivity index (χ3v) is 2.38. The minimum atomic E-state index is -1.69. The van der Waals surface area contributed by atoms with Gasteiger partial charge >= 0.3 is 5.97 Å². The van der Waals surface area contributed by atoms with E-state index in [2.05, 4.69) is 0 Å². The molecule has 0 aromatic heterocycles. The molecule has 18 heavy (non-hydrogen) atoms. The van der Waals surface area contributed by atoms with Crippen LogP contribution in [-0.4, -0.2) is 27.4 Å². The van der Waals surface area contributed by atoms with Crippen molar-refractivity contribution in [2.75, 3.05) is 5.73 Å². The lowest BCUT2D eigenvalue weighted by molar-refractivity contribution is 0.0194. The number of anilines is 1. The fraction of sp³-hybridized carbons (Fsp3) is 0.273. The highest BCUT2D eigenvalue weighted by Gasteiger charge is 2.24. The molecule has 1 rings (SSSR count). The second kappa shape index (κ2) is 5.44.